The normalized spacial score (nSPS) is 10.3. The van der Waals surface area contributed by atoms with Crippen LogP contribution < -0.4 is 10.9 Å². The van der Waals surface area contributed by atoms with Gasteiger partial charge in [0.2, 0.25) is 5.56 Å². The van der Waals surface area contributed by atoms with E-state index in [-0.39, 0.29) is 17.5 Å². The Hall–Kier alpha value is -1.58. The number of H-pyrrole nitrogens is 1. The van der Waals surface area contributed by atoms with Gasteiger partial charge in [-0.05, 0) is 18.9 Å². The zero-order valence-electron chi connectivity index (χ0n) is 9.04. The van der Waals surface area contributed by atoms with Gasteiger partial charge in [0.15, 0.2) is 0 Å². The Labute approximate surface area is 88.7 Å². The number of rotatable bonds is 4. The van der Waals surface area contributed by atoms with E-state index in [0.717, 1.165) is 12.8 Å². The van der Waals surface area contributed by atoms with Crippen molar-refractivity contribution in [3.63, 3.8) is 0 Å². The average molecular weight is 208 g/mol. The van der Waals surface area contributed by atoms with Crippen molar-refractivity contribution in [2.75, 3.05) is 0 Å². The fourth-order valence-corrected chi connectivity index (χ4v) is 1.31. The van der Waals surface area contributed by atoms with E-state index in [2.05, 4.69) is 10.3 Å². The lowest BCUT2D eigenvalue weighted by molar-refractivity contribution is 0.0934. The molecule has 0 radical (unpaired) electrons. The standard InChI is InChI=1S/C11H16N2O2/c1-3-9(4-2)13-11(15)8-5-6-10(14)12-7-8/h5-7,9H,3-4H2,1-2H3,(H,12,14)(H,13,15). The molecular formula is C11H16N2O2. The molecule has 1 rings (SSSR count). The van der Waals surface area contributed by atoms with E-state index in [0.29, 0.717) is 5.56 Å². The molecule has 0 aliphatic heterocycles. The predicted molar refractivity (Wildman–Crippen MR) is 58.9 cm³/mol. The van der Waals surface area contributed by atoms with Crippen LogP contribution in [-0.2, 0) is 0 Å². The number of carbonyl (C=O) groups is 1. The molecule has 1 aromatic heterocycles. The lowest BCUT2D eigenvalue weighted by Gasteiger charge is -2.14. The summed E-state index contributed by atoms with van der Waals surface area (Å²) in [5.74, 6) is -0.139. The highest BCUT2D eigenvalue weighted by atomic mass is 16.2. The van der Waals surface area contributed by atoms with Crippen LogP contribution in [0.3, 0.4) is 0 Å². The van der Waals surface area contributed by atoms with E-state index >= 15 is 0 Å². The molecular weight excluding hydrogens is 192 g/mol. The van der Waals surface area contributed by atoms with E-state index < -0.39 is 0 Å². The van der Waals surface area contributed by atoms with Gasteiger partial charge in [0.1, 0.15) is 0 Å². The molecule has 2 N–H and O–H groups in total. The molecule has 0 unspecified atom stereocenters. The SMILES string of the molecule is CCC(CC)NC(=O)c1ccc(=O)[nH]c1. The van der Waals surface area contributed by atoms with E-state index in [1.165, 1.54) is 18.3 Å². The summed E-state index contributed by atoms with van der Waals surface area (Å²) in [5, 5.41) is 2.89. The Kier molecular flexibility index (Phi) is 4.09. The Morgan fingerprint density at radius 1 is 1.40 bits per heavy atom. The molecule has 0 spiro atoms. The van der Waals surface area contributed by atoms with Gasteiger partial charge in [0.05, 0.1) is 5.56 Å². The maximum atomic E-state index is 11.7. The summed E-state index contributed by atoms with van der Waals surface area (Å²) in [6, 6.07) is 3.07. The third kappa shape index (κ3) is 3.23. The first-order chi connectivity index (χ1) is 7.17. The molecule has 15 heavy (non-hydrogen) atoms. The van der Waals surface area contributed by atoms with Crippen molar-refractivity contribution in [2.45, 2.75) is 32.7 Å². The minimum Gasteiger partial charge on any atom is -0.349 e. The zero-order valence-corrected chi connectivity index (χ0v) is 9.04. The van der Waals surface area contributed by atoms with Crippen molar-refractivity contribution in [1.29, 1.82) is 0 Å². The number of hydrogen-bond acceptors (Lipinski definition) is 2. The minimum absolute atomic E-state index is 0.139. The maximum Gasteiger partial charge on any atom is 0.252 e. The molecule has 0 fully saturated rings. The van der Waals surface area contributed by atoms with Gasteiger partial charge >= 0.3 is 0 Å². The highest BCUT2D eigenvalue weighted by Crippen LogP contribution is 1.99. The topological polar surface area (TPSA) is 62.0 Å². The molecule has 0 bridgehead atoms. The first-order valence-electron chi connectivity index (χ1n) is 5.17. The minimum atomic E-state index is -0.200. The first kappa shape index (κ1) is 11.5. The van der Waals surface area contributed by atoms with Gasteiger partial charge in [-0.1, -0.05) is 13.8 Å². The van der Waals surface area contributed by atoms with Crippen molar-refractivity contribution in [1.82, 2.24) is 10.3 Å². The molecule has 0 aliphatic carbocycles. The number of hydrogen-bond donors (Lipinski definition) is 2. The molecule has 1 amide bonds. The van der Waals surface area contributed by atoms with Gasteiger partial charge in [-0.25, -0.2) is 0 Å². The second-order valence-electron chi connectivity index (χ2n) is 3.43. The van der Waals surface area contributed by atoms with E-state index in [1.807, 2.05) is 13.8 Å². The number of nitrogens with one attached hydrogen (secondary N) is 2. The molecule has 0 aromatic carbocycles. The summed E-state index contributed by atoms with van der Waals surface area (Å²) in [6.45, 7) is 4.06. The van der Waals surface area contributed by atoms with Crippen LogP contribution in [0.1, 0.15) is 37.0 Å². The maximum absolute atomic E-state index is 11.7. The highest BCUT2D eigenvalue weighted by Gasteiger charge is 2.09. The monoisotopic (exact) mass is 208 g/mol. The molecule has 0 saturated carbocycles. The fraction of sp³-hybridized carbons (Fsp3) is 0.455. The van der Waals surface area contributed by atoms with Gasteiger partial charge in [0.25, 0.3) is 5.91 Å². The molecule has 0 saturated heterocycles. The molecule has 82 valence electrons. The molecule has 1 heterocycles. The molecule has 1 aromatic rings. The largest absolute Gasteiger partial charge is 0.349 e. The Bertz CT molecular complexity index is 360. The third-order valence-electron chi connectivity index (χ3n) is 2.37. The van der Waals surface area contributed by atoms with Crippen LogP contribution in [0.15, 0.2) is 23.1 Å². The number of carbonyl (C=O) groups excluding carboxylic acids is 1. The van der Waals surface area contributed by atoms with Crippen LogP contribution in [0.4, 0.5) is 0 Å². The summed E-state index contributed by atoms with van der Waals surface area (Å²) >= 11 is 0. The van der Waals surface area contributed by atoms with Gasteiger partial charge in [-0.3, -0.25) is 9.59 Å². The van der Waals surface area contributed by atoms with Crippen LogP contribution in [0, 0.1) is 0 Å². The van der Waals surface area contributed by atoms with E-state index in [4.69, 9.17) is 0 Å². The Morgan fingerprint density at radius 3 is 2.53 bits per heavy atom. The van der Waals surface area contributed by atoms with Crippen LogP contribution in [0.5, 0.6) is 0 Å². The van der Waals surface area contributed by atoms with Gasteiger partial charge in [-0.2, -0.15) is 0 Å². The van der Waals surface area contributed by atoms with Crippen molar-refractivity contribution < 1.29 is 4.79 Å². The van der Waals surface area contributed by atoms with Crippen LogP contribution in [0.2, 0.25) is 0 Å². The van der Waals surface area contributed by atoms with Crippen molar-refractivity contribution in [3.8, 4) is 0 Å². The Morgan fingerprint density at radius 2 is 2.07 bits per heavy atom. The number of pyridine rings is 1. The summed E-state index contributed by atoms with van der Waals surface area (Å²) in [6.07, 6.45) is 3.25. The summed E-state index contributed by atoms with van der Waals surface area (Å²) in [7, 11) is 0. The summed E-state index contributed by atoms with van der Waals surface area (Å²) in [4.78, 5) is 24.9. The fourth-order valence-electron chi connectivity index (χ4n) is 1.31. The van der Waals surface area contributed by atoms with Crippen molar-refractivity contribution >= 4 is 5.91 Å². The number of aromatic nitrogens is 1. The van der Waals surface area contributed by atoms with Crippen LogP contribution in [0.25, 0.3) is 0 Å². The first-order valence-corrected chi connectivity index (χ1v) is 5.17. The summed E-state index contributed by atoms with van der Waals surface area (Å²) < 4.78 is 0. The van der Waals surface area contributed by atoms with Gasteiger partial charge < -0.3 is 10.3 Å². The lowest BCUT2D eigenvalue weighted by atomic mass is 10.1. The molecule has 0 atom stereocenters. The van der Waals surface area contributed by atoms with Crippen LogP contribution >= 0.6 is 0 Å². The van der Waals surface area contributed by atoms with Gasteiger partial charge in [0, 0.05) is 18.3 Å². The highest BCUT2D eigenvalue weighted by molar-refractivity contribution is 5.93. The number of aromatic amines is 1. The second-order valence-corrected chi connectivity index (χ2v) is 3.43. The van der Waals surface area contributed by atoms with Gasteiger partial charge in [-0.15, -0.1) is 0 Å². The Balaban J connectivity index is 2.68. The van der Waals surface area contributed by atoms with E-state index in [1.54, 1.807) is 0 Å². The second kappa shape index (κ2) is 5.34. The van der Waals surface area contributed by atoms with Crippen molar-refractivity contribution in [2.24, 2.45) is 0 Å². The third-order valence-corrected chi connectivity index (χ3v) is 2.37. The van der Waals surface area contributed by atoms with Crippen LogP contribution in [-0.4, -0.2) is 16.9 Å². The predicted octanol–water partition coefficient (Wildman–Crippen LogP) is 1.29. The zero-order chi connectivity index (χ0) is 11.3. The van der Waals surface area contributed by atoms with Crippen molar-refractivity contribution in [3.05, 3.63) is 34.2 Å². The molecule has 4 heteroatoms. The number of amides is 1. The van der Waals surface area contributed by atoms with E-state index in [9.17, 15) is 9.59 Å². The molecule has 0 aliphatic rings. The summed E-state index contributed by atoms with van der Waals surface area (Å²) in [5.41, 5.74) is 0.288. The smallest absolute Gasteiger partial charge is 0.252 e. The lowest BCUT2D eigenvalue weighted by Crippen LogP contribution is -2.34. The molecule has 4 nitrogen and oxygen atoms in total. The average Bonchev–Trinajstić information content (AvgIpc) is 2.26. The quantitative estimate of drug-likeness (QED) is 0.783.